The van der Waals surface area contributed by atoms with Crippen LogP contribution < -0.4 is 9.80 Å². The number of anilines is 2. The number of hydrogen-bond donors (Lipinski definition) is 0. The number of benzene rings is 8. The largest absolute Gasteiger partial charge is 0.268 e. The van der Waals surface area contributed by atoms with Crippen LogP contribution in [0.15, 0.2) is 158 Å². The van der Waals surface area contributed by atoms with Crippen molar-refractivity contribution in [2.75, 3.05) is 9.80 Å². The zero-order valence-corrected chi connectivity index (χ0v) is 41.8. The molecule has 2 saturated carbocycles. The minimum Gasteiger partial charge on any atom is -0.268 e. The van der Waals surface area contributed by atoms with E-state index < -0.39 is 0 Å². The molecule has 2 fully saturated rings. The van der Waals surface area contributed by atoms with Gasteiger partial charge in [0.1, 0.15) is 0 Å². The van der Waals surface area contributed by atoms with Crippen molar-refractivity contribution < 1.29 is 19.2 Å². The Kier molecular flexibility index (Phi) is 12.2. The van der Waals surface area contributed by atoms with E-state index in [1.54, 1.807) is 0 Å². The molecule has 2 aliphatic heterocycles. The molecule has 6 nitrogen and oxygen atoms in total. The van der Waals surface area contributed by atoms with Crippen LogP contribution in [0.25, 0.3) is 10.8 Å². The predicted octanol–water partition coefficient (Wildman–Crippen LogP) is 14.4. The lowest BCUT2D eigenvalue weighted by Crippen LogP contribution is -2.31. The van der Waals surface area contributed by atoms with Gasteiger partial charge in [-0.2, -0.15) is 0 Å². The lowest BCUT2D eigenvalue weighted by atomic mass is 9.93. The molecular formula is C68H54N2O4. The zero-order valence-electron chi connectivity index (χ0n) is 41.8. The molecule has 2 aliphatic carbocycles. The van der Waals surface area contributed by atoms with Gasteiger partial charge in [0, 0.05) is 22.3 Å². The quantitative estimate of drug-likeness (QED) is 0.112. The summed E-state index contributed by atoms with van der Waals surface area (Å²) in [6.07, 6.45) is 9.66. The normalized spacial score (nSPS) is 15.4. The van der Waals surface area contributed by atoms with Crippen LogP contribution in [0.2, 0.25) is 0 Å². The lowest BCUT2D eigenvalue weighted by Gasteiger charge is -2.22. The zero-order chi connectivity index (χ0) is 50.5. The van der Waals surface area contributed by atoms with Crippen LogP contribution in [0.1, 0.15) is 171 Å². The van der Waals surface area contributed by atoms with Crippen molar-refractivity contribution in [3.05, 3.63) is 247 Å². The van der Waals surface area contributed by atoms with Crippen LogP contribution in [0.5, 0.6) is 0 Å². The highest BCUT2D eigenvalue weighted by Crippen LogP contribution is 2.45. The molecule has 4 aliphatic rings. The Bertz CT molecular complexity index is 3510. The average Bonchev–Trinajstić information content (AvgIpc) is 4.25. The standard InChI is InChI=1S/C68H54N2O4/c1-43-25-37-59(57(39-43)47-19-9-10-20-47)69-65(71)61-51(33-35-53(63(61)67(69)73)41-45-15-5-3-6-16-45)31-29-49-27-28-50(56-24-14-13-23-55(49)56)30-32-52-34-36-54(42-46-17-7-4-8-18-46)64-62(52)66(72)70(68(64)74)60-38-26-44(2)40-58(60)48-21-11-12-22-48/h3-8,13-18,23-28,33-40,47-48H,9-12,19-22,41-42H2,1-2H3. The molecule has 0 atom stereocenters. The maximum absolute atomic E-state index is 14.9. The smallest absolute Gasteiger partial charge is 0.267 e. The molecule has 0 spiro atoms. The van der Waals surface area contributed by atoms with Crippen LogP contribution in [0.4, 0.5) is 11.4 Å². The molecule has 4 amide bonds. The molecule has 6 heteroatoms. The summed E-state index contributed by atoms with van der Waals surface area (Å²) in [5.41, 5.74) is 13.3. The summed E-state index contributed by atoms with van der Waals surface area (Å²) < 4.78 is 0. The first-order valence-electron chi connectivity index (χ1n) is 26.1. The fourth-order valence-corrected chi connectivity index (χ4v) is 12.1. The van der Waals surface area contributed by atoms with E-state index in [-0.39, 0.29) is 23.6 Å². The van der Waals surface area contributed by atoms with Crippen molar-refractivity contribution in [2.24, 2.45) is 0 Å². The van der Waals surface area contributed by atoms with Crippen molar-refractivity contribution in [3.8, 4) is 23.7 Å². The van der Waals surface area contributed by atoms with Gasteiger partial charge < -0.3 is 0 Å². The summed E-state index contributed by atoms with van der Waals surface area (Å²) in [6.45, 7) is 4.12. The van der Waals surface area contributed by atoms with Crippen LogP contribution in [-0.2, 0) is 12.8 Å². The number of carbonyl (C=O) groups excluding carboxylic acids is 4. The average molecular weight is 963 g/mol. The Morgan fingerprint density at radius 3 is 1.15 bits per heavy atom. The van der Waals surface area contributed by atoms with E-state index in [1.807, 2.05) is 146 Å². The van der Waals surface area contributed by atoms with E-state index in [0.717, 1.165) is 118 Å². The van der Waals surface area contributed by atoms with Crippen LogP contribution in [-0.4, -0.2) is 23.6 Å². The summed E-state index contributed by atoms with van der Waals surface area (Å²) in [7, 11) is 0. The lowest BCUT2D eigenvalue weighted by molar-refractivity contribution is 0.0909. The molecule has 8 aromatic rings. The highest BCUT2D eigenvalue weighted by molar-refractivity contribution is 6.37. The molecule has 0 saturated heterocycles. The predicted molar refractivity (Wildman–Crippen MR) is 294 cm³/mol. The number of imide groups is 2. The monoisotopic (exact) mass is 962 g/mol. The summed E-state index contributed by atoms with van der Waals surface area (Å²) in [4.78, 5) is 62.3. The number of carbonyl (C=O) groups is 4. The summed E-state index contributed by atoms with van der Waals surface area (Å²) in [6, 6.07) is 51.7. The molecule has 8 aromatic carbocycles. The van der Waals surface area contributed by atoms with E-state index in [4.69, 9.17) is 0 Å². The molecule has 360 valence electrons. The Morgan fingerprint density at radius 2 is 0.743 bits per heavy atom. The van der Waals surface area contributed by atoms with Gasteiger partial charge in [-0.05, 0) is 145 Å². The van der Waals surface area contributed by atoms with Crippen molar-refractivity contribution >= 4 is 45.8 Å². The van der Waals surface area contributed by atoms with Gasteiger partial charge in [-0.3, -0.25) is 19.2 Å². The number of nitrogens with zero attached hydrogens (tertiary/aromatic N) is 2. The van der Waals surface area contributed by atoms with Crippen molar-refractivity contribution in [1.29, 1.82) is 0 Å². The number of rotatable bonds is 8. The fraction of sp³-hybridized carbons (Fsp3) is 0.206. The summed E-state index contributed by atoms with van der Waals surface area (Å²) in [5.74, 6) is 12.8. The second-order valence-corrected chi connectivity index (χ2v) is 20.6. The Morgan fingerprint density at radius 1 is 0.392 bits per heavy atom. The first-order valence-corrected chi connectivity index (χ1v) is 26.1. The molecule has 0 N–H and O–H groups in total. The number of aryl methyl sites for hydroxylation is 2. The molecule has 2 heterocycles. The molecule has 0 unspecified atom stereocenters. The van der Waals surface area contributed by atoms with Gasteiger partial charge in [0.15, 0.2) is 0 Å². The molecule has 0 aromatic heterocycles. The van der Waals surface area contributed by atoms with Crippen molar-refractivity contribution in [3.63, 3.8) is 0 Å². The first kappa shape index (κ1) is 46.5. The molecule has 12 rings (SSSR count). The minimum atomic E-state index is -0.348. The van der Waals surface area contributed by atoms with E-state index in [2.05, 4.69) is 49.7 Å². The Labute approximate surface area is 433 Å². The second kappa shape index (κ2) is 19.4. The minimum absolute atomic E-state index is 0.292. The van der Waals surface area contributed by atoms with E-state index in [1.165, 1.54) is 9.80 Å². The Balaban J connectivity index is 0.922. The van der Waals surface area contributed by atoms with Crippen LogP contribution in [0, 0.1) is 37.5 Å². The van der Waals surface area contributed by atoms with E-state index in [0.29, 0.717) is 69.4 Å². The van der Waals surface area contributed by atoms with Gasteiger partial charge in [0.2, 0.25) is 0 Å². The third kappa shape index (κ3) is 8.41. The SMILES string of the molecule is Cc1ccc(N2C(=O)c3c(C#Cc4ccc(C#Cc5ccc(Cc6ccccc6)c6c5C(=O)N(c5ccc(C)cc5C5CCCC5)C6=O)c5ccccc45)ccc(Cc4ccccc4)c3C2=O)c(C2CCCC2)c1. The van der Waals surface area contributed by atoms with Crippen LogP contribution in [0.3, 0.4) is 0 Å². The van der Waals surface area contributed by atoms with Gasteiger partial charge in [-0.25, -0.2) is 9.80 Å². The fourth-order valence-electron chi connectivity index (χ4n) is 12.1. The van der Waals surface area contributed by atoms with Gasteiger partial charge in [-0.1, -0.05) is 182 Å². The highest BCUT2D eigenvalue weighted by Gasteiger charge is 2.43. The van der Waals surface area contributed by atoms with Crippen LogP contribution >= 0.6 is 0 Å². The van der Waals surface area contributed by atoms with E-state index >= 15 is 0 Å². The molecule has 74 heavy (non-hydrogen) atoms. The second-order valence-electron chi connectivity index (χ2n) is 20.6. The first-order chi connectivity index (χ1) is 36.2. The van der Waals surface area contributed by atoms with Gasteiger partial charge in [0.05, 0.1) is 33.6 Å². The number of amides is 4. The summed E-state index contributed by atoms with van der Waals surface area (Å²) >= 11 is 0. The molecule has 0 radical (unpaired) electrons. The molecule has 0 bridgehead atoms. The third-order valence-corrected chi connectivity index (χ3v) is 15.8. The maximum atomic E-state index is 14.9. The number of fused-ring (bicyclic) bond motifs is 3. The van der Waals surface area contributed by atoms with Gasteiger partial charge in [0.25, 0.3) is 23.6 Å². The molecular weight excluding hydrogens is 909 g/mol. The number of hydrogen-bond acceptors (Lipinski definition) is 4. The van der Waals surface area contributed by atoms with Crippen molar-refractivity contribution in [1.82, 2.24) is 0 Å². The third-order valence-electron chi connectivity index (χ3n) is 15.8. The van der Waals surface area contributed by atoms with Crippen molar-refractivity contribution in [2.45, 2.75) is 89.9 Å². The van der Waals surface area contributed by atoms with Gasteiger partial charge >= 0.3 is 0 Å². The summed E-state index contributed by atoms with van der Waals surface area (Å²) in [5, 5.41) is 1.74. The van der Waals surface area contributed by atoms with Gasteiger partial charge in [-0.15, -0.1) is 0 Å². The Hall–Kier alpha value is -8.58. The maximum Gasteiger partial charge on any atom is 0.267 e. The highest BCUT2D eigenvalue weighted by atomic mass is 16.2. The topological polar surface area (TPSA) is 74.8 Å². The van der Waals surface area contributed by atoms with E-state index in [9.17, 15) is 19.2 Å².